The molecule has 0 saturated heterocycles. The van der Waals surface area contributed by atoms with E-state index in [4.69, 9.17) is 16.1 Å². The number of alkyl halides is 1. The molecule has 2 aromatic heterocycles. The van der Waals surface area contributed by atoms with Gasteiger partial charge in [-0.15, -0.1) is 16.7 Å². The molecule has 0 unspecified atom stereocenters. The van der Waals surface area contributed by atoms with E-state index in [1.165, 1.54) is 0 Å². The van der Waals surface area contributed by atoms with Gasteiger partial charge < -0.3 is 4.52 Å². The molecule has 0 aromatic carbocycles. The van der Waals surface area contributed by atoms with Crippen LogP contribution in [0.5, 0.6) is 0 Å². The summed E-state index contributed by atoms with van der Waals surface area (Å²) in [5.74, 6) is 0.985. The lowest BCUT2D eigenvalue weighted by molar-refractivity contribution is 0.391. The van der Waals surface area contributed by atoms with Crippen molar-refractivity contribution in [1.29, 1.82) is 0 Å². The monoisotopic (exact) mass is 196 g/mol. The van der Waals surface area contributed by atoms with Crippen LogP contribution in [0.25, 0.3) is 11.5 Å². The Morgan fingerprint density at radius 1 is 1.46 bits per heavy atom. The molecule has 0 aliphatic rings. The fraction of sp³-hybridized carbons (Fsp3) is 0.143. The molecule has 13 heavy (non-hydrogen) atoms. The average Bonchev–Trinajstić information content (AvgIpc) is 2.67. The largest absolute Gasteiger partial charge is 0.338 e. The molecule has 6 heteroatoms. The zero-order chi connectivity index (χ0) is 9.10. The molecule has 0 fully saturated rings. The Kier molecular flexibility index (Phi) is 2.18. The number of halogens is 1. The highest BCUT2D eigenvalue weighted by atomic mass is 35.5. The first-order valence-electron chi connectivity index (χ1n) is 3.57. The van der Waals surface area contributed by atoms with Gasteiger partial charge in [-0.1, -0.05) is 5.16 Å². The summed E-state index contributed by atoms with van der Waals surface area (Å²) in [6.45, 7) is 0. The van der Waals surface area contributed by atoms with Crippen LogP contribution < -0.4 is 0 Å². The van der Waals surface area contributed by atoms with Crippen molar-refractivity contribution >= 4 is 11.6 Å². The highest BCUT2D eigenvalue weighted by Crippen LogP contribution is 2.11. The maximum absolute atomic E-state index is 5.50. The summed E-state index contributed by atoms with van der Waals surface area (Å²) in [7, 11) is 0. The third-order valence-electron chi connectivity index (χ3n) is 1.38. The summed E-state index contributed by atoms with van der Waals surface area (Å²) >= 11 is 5.50. The van der Waals surface area contributed by atoms with E-state index in [2.05, 4.69) is 20.3 Å². The molecule has 0 aliphatic carbocycles. The zero-order valence-corrected chi connectivity index (χ0v) is 7.27. The predicted molar refractivity (Wildman–Crippen MR) is 44.9 cm³/mol. The first-order valence-corrected chi connectivity index (χ1v) is 4.10. The van der Waals surface area contributed by atoms with Crippen LogP contribution in [0.2, 0.25) is 0 Å². The van der Waals surface area contributed by atoms with Crippen LogP contribution in [0.4, 0.5) is 0 Å². The molecule has 0 atom stereocenters. The Balaban J connectivity index is 2.36. The van der Waals surface area contributed by atoms with Crippen LogP contribution >= 0.6 is 11.6 Å². The van der Waals surface area contributed by atoms with Gasteiger partial charge in [0.15, 0.2) is 0 Å². The van der Waals surface area contributed by atoms with Gasteiger partial charge in [-0.2, -0.15) is 10.1 Å². The summed E-state index contributed by atoms with van der Waals surface area (Å²) in [6, 6.07) is 3.49. The summed E-state index contributed by atoms with van der Waals surface area (Å²) < 4.78 is 4.81. The molecule has 66 valence electrons. The second-order valence-electron chi connectivity index (χ2n) is 2.25. The highest BCUT2D eigenvalue weighted by molar-refractivity contribution is 6.16. The van der Waals surface area contributed by atoms with Gasteiger partial charge in [0.05, 0.1) is 0 Å². The number of hydrogen-bond acceptors (Lipinski definition) is 5. The van der Waals surface area contributed by atoms with Crippen LogP contribution in [0, 0.1) is 0 Å². The van der Waals surface area contributed by atoms with Crippen LogP contribution in [0.15, 0.2) is 22.9 Å². The van der Waals surface area contributed by atoms with E-state index in [0.29, 0.717) is 17.4 Å². The van der Waals surface area contributed by atoms with Gasteiger partial charge in [0.1, 0.15) is 11.6 Å². The van der Waals surface area contributed by atoms with E-state index in [0.717, 1.165) is 0 Å². The second-order valence-corrected chi connectivity index (χ2v) is 2.52. The molecule has 5 nitrogen and oxygen atoms in total. The van der Waals surface area contributed by atoms with Gasteiger partial charge >= 0.3 is 0 Å². The quantitative estimate of drug-likeness (QED) is 0.677. The third-order valence-corrected chi connectivity index (χ3v) is 1.61. The Morgan fingerprint density at radius 3 is 3.00 bits per heavy atom. The van der Waals surface area contributed by atoms with Gasteiger partial charge in [0, 0.05) is 6.20 Å². The van der Waals surface area contributed by atoms with E-state index in [1.54, 1.807) is 18.3 Å². The zero-order valence-electron chi connectivity index (χ0n) is 6.51. The molecular formula is C7H5ClN4O. The normalized spacial score (nSPS) is 10.2. The van der Waals surface area contributed by atoms with Crippen LogP contribution in [-0.4, -0.2) is 20.3 Å². The lowest BCUT2D eigenvalue weighted by Gasteiger charge is -1.87. The summed E-state index contributed by atoms with van der Waals surface area (Å²) in [6.07, 6.45) is 1.58. The molecule has 2 rings (SSSR count). The second kappa shape index (κ2) is 3.49. The Morgan fingerprint density at radius 2 is 2.38 bits per heavy atom. The number of nitrogens with zero attached hydrogens (tertiary/aromatic N) is 4. The first kappa shape index (κ1) is 8.12. The van der Waals surface area contributed by atoms with Gasteiger partial charge in [0.2, 0.25) is 11.7 Å². The minimum Gasteiger partial charge on any atom is -0.338 e. The van der Waals surface area contributed by atoms with Crippen LogP contribution in [-0.2, 0) is 5.88 Å². The molecule has 0 radical (unpaired) electrons. The summed E-state index contributed by atoms with van der Waals surface area (Å²) in [5.41, 5.74) is 0.572. The van der Waals surface area contributed by atoms with Crippen molar-refractivity contribution in [2.45, 2.75) is 5.88 Å². The van der Waals surface area contributed by atoms with Crippen LogP contribution in [0.1, 0.15) is 5.89 Å². The van der Waals surface area contributed by atoms with Crippen molar-refractivity contribution in [2.24, 2.45) is 0 Å². The molecule has 2 heterocycles. The Bertz CT molecular complexity index is 388. The van der Waals surface area contributed by atoms with Gasteiger partial charge in [-0.3, -0.25) is 0 Å². The van der Waals surface area contributed by atoms with Crippen molar-refractivity contribution in [1.82, 2.24) is 20.3 Å². The molecular weight excluding hydrogens is 192 g/mol. The first-order chi connectivity index (χ1) is 6.40. The topological polar surface area (TPSA) is 64.7 Å². The molecule has 0 spiro atoms. The summed E-state index contributed by atoms with van der Waals surface area (Å²) in [4.78, 5) is 3.99. The minimum atomic E-state index is 0.202. The van der Waals surface area contributed by atoms with E-state index < -0.39 is 0 Å². The van der Waals surface area contributed by atoms with E-state index in [9.17, 15) is 0 Å². The van der Waals surface area contributed by atoms with E-state index in [-0.39, 0.29) is 5.88 Å². The van der Waals surface area contributed by atoms with Crippen molar-refractivity contribution in [3.05, 3.63) is 24.2 Å². The number of hydrogen-bond donors (Lipinski definition) is 0. The molecule has 2 aromatic rings. The van der Waals surface area contributed by atoms with E-state index >= 15 is 0 Å². The van der Waals surface area contributed by atoms with Crippen molar-refractivity contribution in [3.63, 3.8) is 0 Å². The van der Waals surface area contributed by atoms with Crippen molar-refractivity contribution in [2.75, 3.05) is 0 Å². The highest BCUT2D eigenvalue weighted by Gasteiger charge is 2.07. The molecule has 0 aliphatic heterocycles. The Hall–Kier alpha value is -1.49. The van der Waals surface area contributed by atoms with Gasteiger partial charge in [-0.05, 0) is 12.1 Å². The molecule has 0 N–H and O–H groups in total. The lowest BCUT2D eigenvalue weighted by atomic mass is 10.4. The lowest BCUT2D eigenvalue weighted by Crippen LogP contribution is -1.87. The minimum absolute atomic E-state index is 0.202. The molecule has 0 saturated carbocycles. The van der Waals surface area contributed by atoms with E-state index in [1.807, 2.05) is 0 Å². The Labute approximate surface area is 78.7 Å². The third kappa shape index (κ3) is 1.65. The van der Waals surface area contributed by atoms with Gasteiger partial charge in [0.25, 0.3) is 0 Å². The maximum atomic E-state index is 5.50. The van der Waals surface area contributed by atoms with Gasteiger partial charge in [-0.25, -0.2) is 0 Å². The SMILES string of the molecule is ClCc1nc(-c2cccnn2)no1. The standard InChI is InChI=1S/C7H5ClN4O/c8-4-6-10-7(12-13-6)5-2-1-3-9-11-5/h1-3H,4H2. The summed E-state index contributed by atoms with van der Waals surface area (Å²) in [5, 5.41) is 11.2. The van der Waals surface area contributed by atoms with Crippen LogP contribution in [0.3, 0.4) is 0 Å². The maximum Gasteiger partial charge on any atom is 0.241 e. The average molecular weight is 197 g/mol. The fourth-order valence-corrected chi connectivity index (χ4v) is 0.943. The number of rotatable bonds is 2. The predicted octanol–water partition coefficient (Wildman–Crippen LogP) is 1.27. The molecule has 0 amide bonds. The number of aromatic nitrogens is 4. The fourth-order valence-electron chi connectivity index (χ4n) is 0.834. The molecule has 0 bridgehead atoms. The van der Waals surface area contributed by atoms with Crippen molar-refractivity contribution < 1.29 is 4.52 Å². The van der Waals surface area contributed by atoms with Crippen molar-refractivity contribution in [3.8, 4) is 11.5 Å². The smallest absolute Gasteiger partial charge is 0.241 e.